The smallest absolute Gasteiger partial charge is 0.242 e. The van der Waals surface area contributed by atoms with E-state index in [4.69, 9.17) is 23.2 Å². The van der Waals surface area contributed by atoms with Crippen LogP contribution < -0.4 is 9.44 Å². The van der Waals surface area contributed by atoms with E-state index in [2.05, 4.69) is 9.44 Å². The molecule has 4 rings (SSSR count). The summed E-state index contributed by atoms with van der Waals surface area (Å²) >= 11 is 12.9. The van der Waals surface area contributed by atoms with Crippen molar-refractivity contribution >= 4 is 72.5 Å². The van der Waals surface area contributed by atoms with Crippen LogP contribution in [0.2, 0.25) is 9.36 Å². The largest absolute Gasteiger partial charge is 0.337 e. The summed E-state index contributed by atoms with van der Waals surface area (Å²) in [5.74, 6) is -0.778. The maximum atomic E-state index is 13.1. The summed E-state index contributed by atoms with van der Waals surface area (Å²) in [7, 11) is -7.69. The van der Waals surface area contributed by atoms with E-state index in [9.17, 15) is 26.4 Å². The molecule has 3 heterocycles. The molecule has 2 saturated heterocycles. The number of thiophene rings is 1. The highest BCUT2D eigenvalue weighted by atomic mass is 35.5. The molecule has 0 saturated carbocycles. The first kappa shape index (κ1) is 30.0. The molecule has 39 heavy (non-hydrogen) atoms. The number of amides is 2. The van der Waals surface area contributed by atoms with Crippen molar-refractivity contribution < 1.29 is 26.4 Å². The van der Waals surface area contributed by atoms with Crippen LogP contribution in [0.1, 0.15) is 30.6 Å². The predicted molar refractivity (Wildman–Crippen MR) is 151 cm³/mol. The van der Waals surface area contributed by atoms with Gasteiger partial charge in [0.05, 0.1) is 15.8 Å². The molecule has 2 amide bonds. The topological polar surface area (TPSA) is 133 Å². The lowest BCUT2D eigenvalue weighted by molar-refractivity contribution is -0.143. The zero-order valence-electron chi connectivity index (χ0n) is 20.8. The van der Waals surface area contributed by atoms with Crippen molar-refractivity contribution in [1.29, 1.82) is 0 Å². The number of hydrogen-bond donors (Lipinski definition) is 2. The number of carbonyl (C=O) groups is 2. The highest BCUT2D eigenvalue weighted by Gasteiger charge is 2.35. The summed E-state index contributed by atoms with van der Waals surface area (Å²) in [5, 5.41) is 1.41. The maximum Gasteiger partial charge on any atom is 0.242 e. The van der Waals surface area contributed by atoms with Gasteiger partial charge in [-0.3, -0.25) is 9.59 Å². The lowest BCUT2D eigenvalue weighted by Gasteiger charge is -2.34. The van der Waals surface area contributed by atoms with Gasteiger partial charge in [0, 0.05) is 41.0 Å². The van der Waals surface area contributed by atoms with Gasteiger partial charge >= 0.3 is 0 Å². The van der Waals surface area contributed by atoms with Crippen LogP contribution in [-0.2, 0) is 29.6 Å². The second kappa shape index (κ2) is 12.7. The van der Waals surface area contributed by atoms with Crippen LogP contribution in [0.25, 0.3) is 6.08 Å². The van der Waals surface area contributed by atoms with Gasteiger partial charge in [0.1, 0.15) is 6.04 Å². The van der Waals surface area contributed by atoms with Crippen molar-refractivity contribution in [3.63, 3.8) is 0 Å². The quantitative estimate of drug-likeness (QED) is 0.413. The number of sulfonamides is 2. The summed E-state index contributed by atoms with van der Waals surface area (Å²) in [5.41, 5.74) is 0. The van der Waals surface area contributed by atoms with E-state index in [-0.39, 0.29) is 29.9 Å². The van der Waals surface area contributed by atoms with Crippen LogP contribution in [-0.4, -0.2) is 76.7 Å². The van der Waals surface area contributed by atoms with Crippen LogP contribution in [0, 0.1) is 0 Å². The minimum atomic E-state index is -3.91. The molecule has 0 unspecified atom stereocenters. The molecule has 0 aliphatic carbocycles. The molecule has 0 spiro atoms. The molecule has 2 aliphatic heterocycles. The van der Waals surface area contributed by atoms with Crippen LogP contribution in [0.15, 0.2) is 46.7 Å². The van der Waals surface area contributed by atoms with Crippen molar-refractivity contribution in [3.8, 4) is 0 Å². The number of piperidine rings is 1. The van der Waals surface area contributed by atoms with E-state index in [1.807, 2.05) is 0 Å². The van der Waals surface area contributed by atoms with Gasteiger partial charge in [-0.05, 0) is 68.2 Å². The van der Waals surface area contributed by atoms with E-state index in [1.165, 1.54) is 46.6 Å². The Morgan fingerprint density at radius 2 is 1.74 bits per heavy atom. The van der Waals surface area contributed by atoms with Gasteiger partial charge in [-0.2, -0.15) is 4.72 Å². The standard InChI is InChI=1S/C24H28Cl2N4O6S3/c25-17-5-8-20(9-6-17)39(35,36)27-15-18-3-1-13-30(18)23(31)16-29-12-2-4-21(24(29)32)28-38(33,34)14-11-19-7-10-22(26)37-19/h5-11,14,18,21,27-28H,1-4,12-13,15-16H2/b14-11+/t18-,21-/m0/s1. The van der Waals surface area contributed by atoms with Gasteiger partial charge in [0.2, 0.25) is 31.9 Å². The Morgan fingerprint density at radius 3 is 2.44 bits per heavy atom. The monoisotopic (exact) mass is 634 g/mol. The minimum Gasteiger partial charge on any atom is -0.337 e. The molecule has 1 aromatic heterocycles. The normalized spacial score (nSPS) is 20.7. The van der Waals surface area contributed by atoms with E-state index in [0.29, 0.717) is 53.0 Å². The molecule has 10 nitrogen and oxygen atoms in total. The number of halogens is 2. The van der Waals surface area contributed by atoms with Gasteiger partial charge < -0.3 is 9.80 Å². The summed E-state index contributed by atoms with van der Waals surface area (Å²) in [4.78, 5) is 29.8. The van der Waals surface area contributed by atoms with Gasteiger partial charge in [0.25, 0.3) is 0 Å². The lowest BCUT2D eigenvalue weighted by atomic mass is 10.1. The second-order valence-electron chi connectivity index (χ2n) is 9.25. The number of rotatable bonds is 10. The molecule has 2 aromatic rings. The molecule has 212 valence electrons. The Labute approximate surface area is 242 Å². The van der Waals surface area contributed by atoms with Gasteiger partial charge in [-0.25, -0.2) is 21.6 Å². The number of hydrogen-bond acceptors (Lipinski definition) is 7. The average molecular weight is 636 g/mol. The fraction of sp³-hybridized carbons (Fsp3) is 0.417. The van der Waals surface area contributed by atoms with Crippen LogP contribution in [0.5, 0.6) is 0 Å². The molecular weight excluding hydrogens is 607 g/mol. The number of nitrogens with one attached hydrogen (secondary N) is 2. The van der Waals surface area contributed by atoms with E-state index in [0.717, 1.165) is 5.41 Å². The third kappa shape index (κ3) is 8.03. The van der Waals surface area contributed by atoms with E-state index < -0.39 is 32.0 Å². The van der Waals surface area contributed by atoms with Gasteiger partial charge in [-0.1, -0.05) is 23.2 Å². The molecule has 0 radical (unpaired) electrons. The SMILES string of the molecule is O=C1[C@@H](NS(=O)(=O)/C=C/c2ccc(Cl)s2)CCCN1CC(=O)N1CCC[C@H]1CNS(=O)(=O)c1ccc(Cl)cc1. The summed E-state index contributed by atoms with van der Waals surface area (Å²) < 4.78 is 55.9. The van der Waals surface area contributed by atoms with Crippen LogP contribution in [0.4, 0.5) is 0 Å². The first-order chi connectivity index (χ1) is 18.4. The molecule has 2 aliphatic rings. The predicted octanol–water partition coefficient (Wildman–Crippen LogP) is 2.91. The number of carbonyl (C=O) groups excluding carboxylic acids is 2. The first-order valence-electron chi connectivity index (χ1n) is 12.2. The first-order valence-corrected chi connectivity index (χ1v) is 16.8. The fourth-order valence-corrected chi connectivity index (χ4v) is 7.82. The zero-order chi connectivity index (χ0) is 28.2. The van der Waals surface area contributed by atoms with Crippen LogP contribution >= 0.6 is 34.5 Å². The fourth-order valence-electron chi connectivity index (χ4n) is 4.55. The molecule has 2 fully saturated rings. The third-order valence-electron chi connectivity index (χ3n) is 6.50. The molecule has 0 bridgehead atoms. The number of benzene rings is 1. The highest BCUT2D eigenvalue weighted by molar-refractivity contribution is 7.92. The Hall–Kier alpha value is -2.00. The van der Waals surface area contributed by atoms with Gasteiger partial charge in [-0.15, -0.1) is 11.3 Å². The van der Waals surface area contributed by atoms with E-state index >= 15 is 0 Å². The van der Waals surface area contributed by atoms with Crippen molar-refractivity contribution in [3.05, 3.63) is 56.0 Å². The minimum absolute atomic E-state index is 0.0366. The molecular formula is C24H28Cl2N4O6S3. The Balaban J connectivity index is 1.33. The summed E-state index contributed by atoms with van der Waals surface area (Å²) in [6.45, 7) is 0.603. The van der Waals surface area contributed by atoms with E-state index in [1.54, 1.807) is 17.0 Å². The summed E-state index contributed by atoms with van der Waals surface area (Å²) in [6.07, 6.45) is 3.58. The van der Waals surface area contributed by atoms with Crippen LogP contribution in [0.3, 0.4) is 0 Å². The Kier molecular flexibility index (Phi) is 9.74. The number of likely N-dealkylation sites (tertiary alicyclic amines) is 2. The molecule has 2 atom stereocenters. The number of nitrogens with zero attached hydrogens (tertiary/aromatic N) is 2. The lowest BCUT2D eigenvalue weighted by Crippen LogP contribution is -2.55. The molecule has 1 aromatic carbocycles. The molecule has 2 N–H and O–H groups in total. The summed E-state index contributed by atoms with van der Waals surface area (Å²) in [6, 6.07) is 7.79. The zero-order valence-corrected chi connectivity index (χ0v) is 24.7. The maximum absolute atomic E-state index is 13.1. The average Bonchev–Trinajstić information content (AvgIpc) is 3.53. The molecule has 15 heteroatoms. The second-order valence-corrected chi connectivity index (χ2v) is 14.8. The van der Waals surface area contributed by atoms with Crippen molar-refractivity contribution in [2.24, 2.45) is 0 Å². The Morgan fingerprint density at radius 1 is 1.03 bits per heavy atom. The van der Waals surface area contributed by atoms with Crippen molar-refractivity contribution in [2.45, 2.75) is 42.7 Å². The van der Waals surface area contributed by atoms with Gasteiger partial charge in [0.15, 0.2) is 0 Å². The van der Waals surface area contributed by atoms with Crippen molar-refractivity contribution in [2.75, 3.05) is 26.2 Å². The third-order valence-corrected chi connectivity index (χ3v) is 10.5. The Bertz CT molecular complexity index is 1440. The van der Waals surface area contributed by atoms with Crippen molar-refractivity contribution in [1.82, 2.24) is 19.2 Å². The highest BCUT2D eigenvalue weighted by Crippen LogP contribution is 2.23.